The van der Waals surface area contributed by atoms with E-state index in [0.29, 0.717) is 0 Å². The van der Waals surface area contributed by atoms with Crippen LogP contribution in [0.3, 0.4) is 0 Å². The molecule has 0 amide bonds. The topological polar surface area (TPSA) is 193 Å². The zero-order chi connectivity index (χ0) is 24.8. The SMILES string of the molecule is O.O=C(O)c1ccccc1C(=O)OC(=O)c1ccccc1C(=O)OC(=O)c1ccccc1C(=O)O. The number of benzene rings is 3. The Bertz CT molecular complexity index is 1240. The van der Waals surface area contributed by atoms with Crippen molar-refractivity contribution in [1.29, 1.82) is 0 Å². The van der Waals surface area contributed by atoms with Crippen LogP contribution in [0.15, 0.2) is 72.8 Å². The van der Waals surface area contributed by atoms with Crippen LogP contribution in [0.5, 0.6) is 0 Å². The Labute approximate surface area is 196 Å². The Kier molecular flexibility index (Phi) is 8.29. The summed E-state index contributed by atoms with van der Waals surface area (Å²) in [7, 11) is 0. The summed E-state index contributed by atoms with van der Waals surface area (Å²) in [5.74, 6) is -7.95. The van der Waals surface area contributed by atoms with Crippen LogP contribution in [0.4, 0.5) is 0 Å². The van der Waals surface area contributed by atoms with Gasteiger partial charge in [0.2, 0.25) is 0 Å². The summed E-state index contributed by atoms with van der Waals surface area (Å²) in [6, 6.07) is 15.1. The first-order valence-corrected chi connectivity index (χ1v) is 9.47. The van der Waals surface area contributed by atoms with Crippen molar-refractivity contribution in [1.82, 2.24) is 0 Å². The largest absolute Gasteiger partial charge is 0.478 e. The maximum absolute atomic E-state index is 12.6. The molecule has 0 aromatic heterocycles. The van der Waals surface area contributed by atoms with E-state index in [-0.39, 0.29) is 16.6 Å². The molecular formula is C24H16O11. The number of esters is 4. The second-order valence-corrected chi connectivity index (χ2v) is 6.60. The van der Waals surface area contributed by atoms with Gasteiger partial charge in [-0.3, -0.25) is 0 Å². The monoisotopic (exact) mass is 480 g/mol. The average molecular weight is 480 g/mol. The van der Waals surface area contributed by atoms with Gasteiger partial charge in [0, 0.05) is 0 Å². The van der Waals surface area contributed by atoms with Gasteiger partial charge in [-0.15, -0.1) is 0 Å². The first kappa shape index (κ1) is 26.1. The van der Waals surface area contributed by atoms with E-state index in [1.807, 2.05) is 0 Å². The lowest BCUT2D eigenvalue weighted by Crippen LogP contribution is -2.21. The molecule has 0 unspecified atom stereocenters. The minimum atomic E-state index is -1.41. The fourth-order valence-corrected chi connectivity index (χ4v) is 2.92. The summed E-state index contributed by atoms with van der Waals surface area (Å²) in [5.41, 5.74) is -2.43. The van der Waals surface area contributed by atoms with E-state index in [4.69, 9.17) is 9.47 Å². The van der Waals surface area contributed by atoms with E-state index in [2.05, 4.69) is 0 Å². The highest BCUT2D eigenvalue weighted by atomic mass is 16.6. The van der Waals surface area contributed by atoms with E-state index >= 15 is 0 Å². The first-order chi connectivity index (χ1) is 16.2. The molecule has 3 rings (SSSR count). The molecule has 0 spiro atoms. The summed E-state index contributed by atoms with van der Waals surface area (Å²) < 4.78 is 9.47. The number of ether oxygens (including phenoxy) is 2. The van der Waals surface area contributed by atoms with Crippen molar-refractivity contribution < 1.29 is 53.9 Å². The van der Waals surface area contributed by atoms with E-state index in [0.717, 1.165) is 36.4 Å². The van der Waals surface area contributed by atoms with Crippen molar-refractivity contribution in [2.45, 2.75) is 0 Å². The van der Waals surface area contributed by atoms with Crippen LogP contribution in [0.25, 0.3) is 0 Å². The Balaban J connectivity index is 0.00000432. The maximum Gasteiger partial charge on any atom is 0.346 e. The van der Waals surface area contributed by atoms with Gasteiger partial charge in [0.1, 0.15) is 0 Å². The Hall–Kier alpha value is -5.16. The third-order valence-electron chi connectivity index (χ3n) is 4.49. The third kappa shape index (κ3) is 5.80. The molecule has 0 aliphatic carbocycles. The highest BCUT2D eigenvalue weighted by Crippen LogP contribution is 2.17. The van der Waals surface area contributed by atoms with E-state index in [1.165, 1.54) is 36.4 Å². The number of carboxylic acid groups (broad SMARTS) is 2. The van der Waals surface area contributed by atoms with Crippen LogP contribution in [0, 0.1) is 0 Å². The van der Waals surface area contributed by atoms with Crippen LogP contribution >= 0.6 is 0 Å². The van der Waals surface area contributed by atoms with Gasteiger partial charge < -0.3 is 25.2 Å². The van der Waals surface area contributed by atoms with Crippen LogP contribution in [0.1, 0.15) is 62.1 Å². The highest BCUT2D eigenvalue weighted by molar-refractivity contribution is 6.13. The lowest BCUT2D eigenvalue weighted by atomic mass is 10.1. The summed E-state index contributed by atoms with van der Waals surface area (Å²) in [6.07, 6.45) is 0. The normalized spacial score (nSPS) is 9.83. The number of carboxylic acids is 2. The molecule has 0 atom stereocenters. The molecule has 11 nitrogen and oxygen atoms in total. The zero-order valence-corrected chi connectivity index (χ0v) is 17.6. The maximum atomic E-state index is 12.6. The molecule has 35 heavy (non-hydrogen) atoms. The average Bonchev–Trinajstić information content (AvgIpc) is 2.83. The zero-order valence-electron chi connectivity index (χ0n) is 17.6. The first-order valence-electron chi connectivity index (χ1n) is 9.47. The highest BCUT2D eigenvalue weighted by Gasteiger charge is 2.26. The van der Waals surface area contributed by atoms with E-state index in [9.17, 15) is 39.0 Å². The Morgan fingerprint density at radius 3 is 0.857 bits per heavy atom. The molecule has 0 fully saturated rings. The molecule has 0 saturated carbocycles. The summed E-state index contributed by atoms with van der Waals surface area (Å²) >= 11 is 0. The molecule has 0 saturated heterocycles. The van der Waals surface area contributed by atoms with Gasteiger partial charge in [-0.25, -0.2) is 28.8 Å². The van der Waals surface area contributed by atoms with Crippen molar-refractivity contribution in [3.63, 3.8) is 0 Å². The number of rotatable bonds is 6. The summed E-state index contributed by atoms with van der Waals surface area (Å²) in [5, 5.41) is 18.4. The van der Waals surface area contributed by atoms with Gasteiger partial charge >= 0.3 is 35.8 Å². The van der Waals surface area contributed by atoms with E-state index < -0.39 is 58.1 Å². The molecule has 3 aromatic rings. The van der Waals surface area contributed by atoms with Gasteiger partial charge in [0.25, 0.3) is 0 Å². The Morgan fingerprint density at radius 1 is 0.429 bits per heavy atom. The van der Waals surface area contributed by atoms with Crippen molar-refractivity contribution in [3.05, 3.63) is 106 Å². The predicted octanol–water partition coefficient (Wildman–Crippen LogP) is 2.25. The molecule has 11 heteroatoms. The number of carbonyl (C=O) groups is 6. The van der Waals surface area contributed by atoms with Crippen molar-refractivity contribution >= 4 is 35.8 Å². The number of hydrogen-bond acceptors (Lipinski definition) is 8. The van der Waals surface area contributed by atoms with Crippen molar-refractivity contribution in [3.8, 4) is 0 Å². The van der Waals surface area contributed by atoms with Crippen LogP contribution in [-0.2, 0) is 9.47 Å². The fraction of sp³-hybridized carbons (Fsp3) is 0. The minimum absolute atomic E-state index is 0. The van der Waals surface area contributed by atoms with E-state index in [1.54, 1.807) is 0 Å². The lowest BCUT2D eigenvalue weighted by Gasteiger charge is -2.10. The quantitative estimate of drug-likeness (QED) is 0.390. The minimum Gasteiger partial charge on any atom is -0.478 e. The molecule has 0 bridgehead atoms. The van der Waals surface area contributed by atoms with Crippen LogP contribution in [-0.4, -0.2) is 51.5 Å². The lowest BCUT2D eigenvalue weighted by molar-refractivity contribution is 0.0354. The second-order valence-electron chi connectivity index (χ2n) is 6.60. The Morgan fingerprint density at radius 2 is 0.629 bits per heavy atom. The van der Waals surface area contributed by atoms with Gasteiger partial charge in [0.15, 0.2) is 0 Å². The van der Waals surface area contributed by atoms with Gasteiger partial charge in [-0.2, -0.15) is 0 Å². The number of hydrogen-bond donors (Lipinski definition) is 2. The summed E-state index contributed by atoms with van der Waals surface area (Å²) in [6.45, 7) is 0. The molecule has 0 heterocycles. The molecule has 0 radical (unpaired) electrons. The molecule has 4 N–H and O–H groups in total. The number of carbonyl (C=O) groups excluding carboxylic acids is 4. The van der Waals surface area contributed by atoms with Crippen LogP contribution in [0.2, 0.25) is 0 Å². The summed E-state index contributed by atoms with van der Waals surface area (Å²) in [4.78, 5) is 72.5. The van der Waals surface area contributed by atoms with Crippen LogP contribution < -0.4 is 0 Å². The fourth-order valence-electron chi connectivity index (χ4n) is 2.92. The molecule has 0 aliphatic heterocycles. The standard InChI is InChI=1S/C24H14O10.H2O/c25-19(26)13-7-1-3-9-15(13)21(29)33-23(31)17-11-5-6-12-18(17)24(32)34-22(30)16-10-4-2-8-14(16)20(27)28;/h1-12H,(H,25,26)(H,27,28);1H2. The smallest absolute Gasteiger partial charge is 0.346 e. The predicted molar refractivity (Wildman–Crippen MR) is 116 cm³/mol. The van der Waals surface area contributed by atoms with Crippen molar-refractivity contribution in [2.24, 2.45) is 0 Å². The number of aromatic carboxylic acids is 2. The molecular weight excluding hydrogens is 464 g/mol. The van der Waals surface area contributed by atoms with Crippen molar-refractivity contribution in [2.75, 3.05) is 0 Å². The van der Waals surface area contributed by atoms with Gasteiger partial charge in [-0.1, -0.05) is 36.4 Å². The second kappa shape index (κ2) is 11.1. The molecule has 3 aromatic carbocycles. The molecule has 178 valence electrons. The molecule has 0 aliphatic rings. The van der Waals surface area contributed by atoms with Gasteiger partial charge in [-0.05, 0) is 36.4 Å². The third-order valence-corrected chi connectivity index (χ3v) is 4.49. The van der Waals surface area contributed by atoms with Gasteiger partial charge in [0.05, 0.1) is 33.4 Å².